The van der Waals surface area contributed by atoms with Crippen molar-refractivity contribution in [2.45, 2.75) is 13.3 Å². The summed E-state index contributed by atoms with van der Waals surface area (Å²) < 4.78 is 5.52. The lowest BCUT2D eigenvalue weighted by Gasteiger charge is -2.07. The molecular weight excluding hydrogens is 190 g/mol. The Morgan fingerprint density at radius 3 is 2.60 bits per heavy atom. The maximum Gasteiger partial charge on any atom is 0.119 e. The molecule has 0 spiro atoms. The van der Waals surface area contributed by atoms with Gasteiger partial charge >= 0.3 is 0 Å². The van der Waals surface area contributed by atoms with Crippen LogP contribution in [0.3, 0.4) is 0 Å². The van der Waals surface area contributed by atoms with Crippen LogP contribution in [0.2, 0.25) is 0 Å². The zero-order valence-corrected chi connectivity index (χ0v) is 9.20. The van der Waals surface area contributed by atoms with Crippen LogP contribution in [0.5, 0.6) is 5.75 Å². The van der Waals surface area contributed by atoms with E-state index in [1.807, 2.05) is 24.3 Å². The molecule has 3 heteroatoms. The van der Waals surface area contributed by atoms with Gasteiger partial charge in [-0.3, -0.25) is 0 Å². The highest BCUT2D eigenvalue weighted by molar-refractivity contribution is 5.26. The van der Waals surface area contributed by atoms with Gasteiger partial charge in [-0.25, -0.2) is 0 Å². The summed E-state index contributed by atoms with van der Waals surface area (Å²) >= 11 is 0. The van der Waals surface area contributed by atoms with E-state index in [1.54, 1.807) is 0 Å². The fourth-order valence-electron chi connectivity index (χ4n) is 1.20. The average molecular weight is 209 g/mol. The normalized spacial score (nSPS) is 10.3. The summed E-state index contributed by atoms with van der Waals surface area (Å²) in [7, 11) is 0. The van der Waals surface area contributed by atoms with Gasteiger partial charge in [0.2, 0.25) is 0 Å². The van der Waals surface area contributed by atoms with Crippen molar-refractivity contribution in [1.29, 1.82) is 0 Å². The van der Waals surface area contributed by atoms with Gasteiger partial charge in [-0.15, -0.1) is 0 Å². The van der Waals surface area contributed by atoms with E-state index in [0.717, 1.165) is 25.3 Å². The Labute approximate surface area is 91.1 Å². The number of hydrogen-bond acceptors (Lipinski definition) is 3. The van der Waals surface area contributed by atoms with E-state index < -0.39 is 0 Å². The minimum atomic E-state index is 0.242. The van der Waals surface area contributed by atoms with Crippen molar-refractivity contribution < 1.29 is 9.84 Å². The molecule has 0 amide bonds. The molecule has 0 saturated heterocycles. The average Bonchev–Trinajstić information content (AvgIpc) is 2.26. The molecule has 15 heavy (non-hydrogen) atoms. The maximum atomic E-state index is 8.56. The van der Waals surface area contributed by atoms with Gasteiger partial charge in [-0.05, 0) is 32.0 Å². The van der Waals surface area contributed by atoms with Crippen molar-refractivity contribution in [3.05, 3.63) is 29.8 Å². The predicted octanol–water partition coefficient (Wildman–Crippen LogP) is 1.35. The number of hydrogen-bond donors (Lipinski definition) is 2. The van der Waals surface area contributed by atoms with Crippen molar-refractivity contribution >= 4 is 0 Å². The first-order valence-corrected chi connectivity index (χ1v) is 5.34. The third kappa shape index (κ3) is 5.40. The van der Waals surface area contributed by atoms with E-state index in [1.165, 1.54) is 5.56 Å². The highest BCUT2D eigenvalue weighted by atomic mass is 16.5. The number of aliphatic hydroxyl groups excluding tert-OH is 1. The van der Waals surface area contributed by atoms with E-state index in [2.05, 4.69) is 12.2 Å². The first-order chi connectivity index (χ1) is 7.33. The second kappa shape index (κ2) is 7.26. The summed E-state index contributed by atoms with van der Waals surface area (Å²) in [5, 5.41) is 11.7. The second-order valence-electron chi connectivity index (χ2n) is 3.49. The van der Waals surface area contributed by atoms with Crippen LogP contribution >= 0.6 is 0 Å². The van der Waals surface area contributed by atoms with Crippen LogP contribution in [-0.4, -0.2) is 31.4 Å². The van der Waals surface area contributed by atoms with Crippen LogP contribution in [0.1, 0.15) is 12.0 Å². The third-order valence-corrected chi connectivity index (χ3v) is 2.08. The summed E-state index contributed by atoms with van der Waals surface area (Å²) in [5.74, 6) is 0.907. The van der Waals surface area contributed by atoms with Crippen molar-refractivity contribution in [2.24, 2.45) is 0 Å². The van der Waals surface area contributed by atoms with Crippen molar-refractivity contribution in [1.82, 2.24) is 5.32 Å². The quantitative estimate of drug-likeness (QED) is 0.666. The number of benzene rings is 1. The molecule has 84 valence electrons. The summed E-state index contributed by atoms with van der Waals surface area (Å²) in [6.45, 7) is 4.61. The maximum absolute atomic E-state index is 8.56. The number of nitrogens with one attached hydrogen (secondary N) is 1. The molecule has 1 aromatic rings. The van der Waals surface area contributed by atoms with Crippen LogP contribution in [0, 0.1) is 6.92 Å². The Bertz CT molecular complexity index is 259. The van der Waals surface area contributed by atoms with Crippen LogP contribution in [0.15, 0.2) is 24.3 Å². The van der Waals surface area contributed by atoms with Crippen LogP contribution in [-0.2, 0) is 0 Å². The lowest BCUT2D eigenvalue weighted by molar-refractivity contribution is 0.279. The topological polar surface area (TPSA) is 41.5 Å². The molecule has 0 unspecified atom stereocenters. The van der Waals surface area contributed by atoms with Gasteiger partial charge in [0, 0.05) is 13.2 Å². The number of aryl methyl sites for hydroxylation is 1. The molecule has 0 atom stereocenters. The second-order valence-corrected chi connectivity index (χ2v) is 3.49. The molecule has 0 saturated carbocycles. The highest BCUT2D eigenvalue weighted by Gasteiger charge is 1.92. The van der Waals surface area contributed by atoms with Gasteiger partial charge in [-0.2, -0.15) is 0 Å². The standard InChI is InChI=1S/C12H19NO2/c1-11-3-5-12(6-4-11)15-10-8-13-7-2-9-14/h3-6,13-14H,2,7-10H2,1H3. The number of ether oxygens (including phenoxy) is 1. The largest absolute Gasteiger partial charge is 0.492 e. The Balaban J connectivity index is 2.07. The van der Waals surface area contributed by atoms with Crippen molar-refractivity contribution in [3.8, 4) is 5.75 Å². The van der Waals surface area contributed by atoms with Crippen molar-refractivity contribution in [2.75, 3.05) is 26.3 Å². The molecule has 0 heterocycles. The van der Waals surface area contributed by atoms with E-state index >= 15 is 0 Å². The first kappa shape index (κ1) is 12.0. The SMILES string of the molecule is Cc1ccc(OCCNCCCO)cc1. The van der Waals surface area contributed by atoms with Gasteiger partial charge < -0.3 is 15.2 Å². The number of aliphatic hydroxyl groups is 1. The van der Waals surface area contributed by atoms with Gasteiger partial charge in [0.15, 0.2) is 0 Å². The predicted molar refractivity (Wildman–Crippen MR) is 61.2 cm³/mol. The summed E-state index contributed by atoms with van der Waals surface area (Å²) in [4.78, 5) is 0. The lowest BCUT2D eigenvalue weighted by atomic mass is 10.2. The molecule has 0 bridgehead atoms. The summed E-state index contributed by atoms with van der Waals surface area (Å²) in [6.07, 6.45) is 0.796. The van der Waals surface area contributed by atoms with E-state index in [0.29, 0.717) is 6.61 Å². The molecule has 0 aromatic heterocycles. The van der Waals surface area contributed by atoms with E-state index in [4.69, 9.17) is 9.84 Å². The Hall–Kier alpha value is -1.06. The zero-order valence-electron chi connectivity index (χ0n) is 9.20. The molecule has 3 nitrogen and oxygen atoms in total. The minimum Gasteiger partial charge on any atom is -0.492 e. The fourth-order valence-corrected chi connectivity index (χ4v) is 1.20. The molecule has 0 aliphatic heterocycles. The van der Waals surface area contributed by atoms with Crippen LogP contribution in [0.4, 0.5) is 0 Å². The zero-order chi connectivity index (χ0) is 10.9. The third-order valence-electron chi connectivity index (χ3n) is 2.08. The molecule has 1 aromatic carbocycles. The van der Waals surface area contributed by atoms with Gasteiger partial charge in [0.05, 0.1) is 0 Å². The molecule has 1 rings (SSSR count). The first-order valence-electron chi connectivity index (χ1n) is 5.34. The molecule has 0 aliphatic rings. The lowest BCUT2D eigenvalue weighted by Crippen LogP contribution is -2.22. The van der Waals surface area contributed by atoms with E-state index in [-0.39, 0.29) is 6.61 Å². The summed E-state index contributed by atoms with van der Waals surface area (Å²) in [5.41, 5.74) is 1.24. The molecule has 0 radical (unpaired) electrons. The van der Waals surface area contributed by atoms with Crippen LogP contribution < -0.4 is 10.1 Å². The van der Waals surface area contributed by atoms with Gasteiger partial charge in [0.25, 0.3) is 0 Å². The van der Waals surface area contributed by atoms with Gasteiger partial charge in [-0.1, -0.05) is 17.7 Å². The molecular formula is C12H19NO2. The van der Waals surface area contributed by atoms with E-state index in [9.17, 15) is 0 Å². The Morgan fingerprint density at radius 2 is 1.93 bits per heavy atom. The number of rotatable bonds is 7. The Kier molecular flexibility index (Phi) is 5.81. The van der Waals surface area contributed by atoms with Crippen molar-refractivity contribution in [3.63, 3.8) is 0 Å². The molecule has 0 aliphatic carbocycles. The smallest absolute Gasteiger partial charge is 0.119 e. The highest BCUT2D eigenvalue weighted by Crippen LogP contribution is 2.10. The Morgan fingerprint density at radius 1 is 1.20 bits per heavy atom. The van der Waals surface area contributed by atoms with Crippen LogP contribution in [0.25, 0.3) is 0 Å². The molecule has 2 N–H and O–H groups in total. The minimum absolute atomic E-state index is 0.242. The molecule has 0 fully saturated rings. The monoisotopic (exact) mass is 209 g/mol. The fraction of sp³-hybridized carbons (Fsp3) is 0.500. The summed E-state index contributed by atoms with van der Waals surface area (Å²) in [6, 6.07) is 8.02. The van der Waals surface area contributed by atoms with Gasteiger partial charge in [0.1, 0.15) is 12.4 Å².